The molecule has 1 heterocycles. The SMILES string of the molecule is N#CC(C(=O)c1sccc1Br)c1cccc(F)c1. The van der Waals surface area contributed by atoms with Crippen molar-refractivity contribution in [3.05, 3.63) is 56.4 Å². The molecule has 0 aliphatic heterocycles. The first-order valence-electron chi connectivity index (χ1n) is 5.05. The first kappa shape index (κ1) is 12.9. The zero-order valence-electron chi connectivity index (χ0n) is 9.06. The average Bonchev–Trinajstić information content (AvgIpc) is 2.76. The highest BCUT2D eigenvalue weighted by atomic mass is 79.9. The summed E-state index contributed by atoms with van der Waals surface area (Å²) < 4.78 is 13.8. The number of nitrogens with zero attached hydrogens (tertiary/aromatic N) is 1. The molecule has 0 radical (unpaired) electrons. The molecule has 2 nitrogen and oxygen atoms in total. The molecule has 0 aliphatic rings. The zero-order valence-corrected chi connectivity index (χ0v) is 11.5. The summed E-state index contributed by atoms with van der Waals surface area (Å²) in [7, 11) is 0. The van der Waals surface area contributed by atoms with E-state index in [9.17, 15) is 9.18 Å². The van der Waals surface area contributed by atoms with Crippen molar-refractivity contribution in [3.8, 4) is 6.07 Å². The topological polar surface area (TPSA) is 40.9 Å². The number of carbonyl (C=O) groups excluding carboxylic acids is 1. The molecule has 1 aromatic heterocycles. The first-order valence-corrected chi connectivity index (χ1v) is 6.73. The summed E-state index contributed by atoms with van der Waals surface area (Å²) in [6.07, 6.45) is 0. The smallest absolute Gasteiger partial charge is 0.195 e. The normalized spacial score (nSPS) is 11.8. The average molecular weight is 324 g/mol. The quantitative estimate of drug-likeness (QED) is 0.796. The lowest BCUT2D eigenvalue weighted by Crippen LogP contribution is -2.10. The molecule has 1 atom stereocenters. The molecule has 1 unspecified atom stereocenters. The van der Waals surface area contributed by atoms with Crippen molar-refractivity contribution in [2.24, 2.45) is 0 Å². The molecule has 0 saturated carbocycles. The molecule has 2 aromatic rings. The van der Waals surface area contributed by atoms with E-state index in [1.54, 1.807) is 17.5 Å². The summed E-state index contributed by atoms with van der Waals surface area (Å²) in [5, 5.41) is 10.9. The Kier molecular flexibility index (Phi) is 3.90. The molecule has 0 spiro atoms. The van der Waals surface area contributed by atoms with Gasteiger partial charge in [0.05, 0.1) is 10.9 Å². The van der Waals surface area contributed by atoms with E-state index >= 15 is 0 Å². The van der Waals surface area contributed by atoms with E-state index in [4.69, 9.17) is 5.26 Å². The van der Waals surface area contributed by atoms with Gasteiger partial charge < -0.3 is 0 Å². The lowest BCUT2D eigenvalue weighted by Gasteiger charge is -2.07. The molecule has 5 heteroatoms. The van der Waals surface area contributed by atoms with Crippen LogP contribution < -0.4 is 0 Å². The van der Waals surface area contributed by atoms with Crippen LogP contribution in [0.25, 0.3) is 0 Å². The molecule has 0 aliphatic carbocycles. The van der Waals surface area contributed by atoms with E-state index in [1.165, 1.54) is 29.5 Å². The van der Waals surface area contributed by atoms with Crippen LogP contribution in [0.2, 0.25) is 0 Å². The second kappa shape index (κ2) is 5.42. The highest BCUT2D eigenvalue weighted by molar-refractivity contribution is 9.10. The number of thiophene rings is 1. The van der Waals surface area contributed by atoms with Gasteiger partial charge in [-0.1, -0.05) is 12.1 Å². The number of hydrogen-bond acceptors (Lipinski definition) is 3. The first-order chi connectivity index (χ1) is 8.63. The molecule has 0 amide bonds. The number of ketones is 1. The molecule has 0 saturated heterocycles. The lowest BCUT2D eigenvalue weighted by atomic mass is 9.95. The van der Waals surface area contributed by atoms with Gasteiger partial charge in [0.2, 0.25) is 0 Å². The summed E-state index contributed by atoms with van der Waals surface area (Å²) in [4.78, 5) is 12.7. The molecule has 90 valence electrons. The van der Waals surface area contributed by atoms with Gasteiger partial charge in [0.25, 0.3) is 0 Å². The Morgan fingerprint density at radius 1 is 1.44 bits per heavy atom. The third-order valence-corrected chi connectivity index (χ3v) is 4.27. The molecule has 2 rings (SSSR count). The predicted molar refractivity (Wildman–Crippen MR) is 71.1 cm³/mol. The van der Waals surface area contributed by atoms with E-state index < -0.39 is 11.7 Å². The van der Waals surface area contributed by atoms with Crippen molar-refractivity contribution in [3.63, 3.8) is 0 Å². The molecule has 0 N–H and O–H groups in total. The third-order valence-electron chi connectivity index (χ3n) is 2.41. The minimum atomic E-state index is -0.976. The highest BCUT2D eigenvalue weighted by Crippen LogP contribution is 2.29. The predicted octanol–water partition coefficient (Wildman–Crippen LogP) is 4.14. The van der Waals surface area contributed by atoms with Gasteiger partial charge in [-0.2, -0.15) is 5.26 Å². The van der Waals surface area contributed by atoms with Gasteiger partial charge in [-0.25, -0.2) is 4.39 Å². The number of carbonyl (C=O) groups is 1. The van der Waals surface area contributed by atoms with Crippen LogP contribution in [0.3, 0.4) is 0 Å². The number of nitriles is 1. The monoisotopic (exact) mass is 323 g/mol. The van der Waals surface area contributed by atoms with Gasteiger partial charge in [-0.15, -0.1) is 11.3 Å². The Labute approximate surface area is 116 Å². The van der Waals surface area contributed by atoms with Crippen molar-refractivity contribution in [2.75, 3.05) is 0 Å². The van der Waals surface area contributed by atoms with Crippen LogP contribution in [0, 0.1) is 17.1 Å². The molecular formula is C13H7BrFNOS. The Morgan fingerprint density at radius 3 is 2.78 bits per heavy atom. The minimum Gasteiger partial charge on any atom is -0.291 e. The van der Waals surface area contributed by atoms with Crippen molar-refractivity contribution in [1.82, 2.24) is 0 Å². The van der Waals surface area contributed by atoms with Crippen molar-refractivity contribution < 1.29 is 9.18 Å². The number of hydrogen-bond donors (Lipinski definition) is 0. The minimum absolute atomic E-state index is 0.315. The van der Waals surface area contributed by atoms with Crippen LogP contribution in [-0.4, -0.2) is 5.78 Å². The van der Waals surface area contributed by atoms with Gasteiger partial charge >= 0.3 is 0 Å². The second-order valence-electron chi connectivity index (χ2n) is 3.58. The number of benzene rings is 1. The van der Waals surface area contributed by atoms with Crippen molar-refractivity contribution >= 4 is 33.0 Å². The molecule has 18 heavy (non-hydrogen) atoms. The Bertz CT molecular complexity index is 632. The fraction of sp³-hybridized carbons (Fsp3) is 0.0769. The number of rotatable bonds is 3. The van der Waals surface area contributed by atoms with Crippen LogP contribution in [0.5, 0.6) is 0 Å². The number of Topliss-reactive ketones (excluding diaryl/α,β-unsaturated/α-hetero) is 1. The van der Waals surface area contributed by atoms with Crippen LogP contribution in [0.15, 0.2) is 40.2 Å². The van der Waals surface area contributed by atoms with E-state index in [2.05, 4.69) is 15.9 Å². The third kappa shape index (κ3) is 2.50. The maximum Gasteiger partial charge on any atom is 0.195 e. The van der Waals surface area contributed by atoms with Crippen molar-refractivity contribution in [1.29, 1.82) is 5.26 Å². The number of halogens is 2. The van der Waals surface area contributed by atoms with E-state index in [0.717, 1.165) is 0 Å². The van der Waals surface area contributed by atoms with Crippen LogP contribution in [-0.2, 0) is 0 Å². The fourth-order valence-corrected chi connectivity index (χ4v) is 3.11. The zero-order chi connectivity index (χ0) is 13.1. The van der Waals surface area contributed by atoms with Crippen LogP contribution in [0.1, 0.15) is 21.2 Å². The van der Waals surface area contributed by atoms with E-state index in [1.807, 2.05) is 6.07 Å². The van der Waals surface area contributed by atoms with Gasteiger partial charge in [-0.3, -0.25) is 4.79 Å². The summed E-state index contributed by atoms with van der Waals surface area (Å²) in [6.45, 7) is 0. The summed E-state index contributed by atoms with van der Waals surface area (Å²) in [5.74, 6) is -1.74. The van der Waals surface area contributed by atoms with Crippen molar-refractivity contribution in [2.45, 2.75) is 5.92 Å². The van der Waals surface area contributed by atoms with Gasteiger partial charge in [0.1, 0.15) is 11.7 Å². The maximum atomic E-state index is 13.1. The Balaban J connectivity index is 2.39. The standard InChI is InChI=1S/C13H7BrFNOS/c14-11-4-5-18-13(11)12(17)10(7-16)8-2-1-3-9(15)6-8/h1-6,10H. The maximum absolute atomic E-state index is 13.1. The molecule has 1 aromatic carbocycles. The summed E-state index contributed by atoms with van der Waals surface area (Å²) in [5.41, 5.74) is 0.378. The van der Waals surface area contributed by atoms with E-state index in [-0.39, 0.29) is 5.78 Å². The summed E-state index contributed by atoms with van der Waals surface area (Å²) in [6, 6.07) is 9.25. The highest BCUT2D eigenvalue weighted by Gasteiger charge is 2.24. The Morgan fingerprint density at radius 2 is 2.22 bits per heavy atom. The fourth-order valence-electron chi connectivity index (χ4n) is 1.57. The molecule has 0 bridgehead atoms. The van der Waals surface area contributed by atoms with Gasteiger partial charge in [0.15, 0.2) is 5.78 Å². The van der Waals surface area contributed by atoms with Crippen LogP contribution in [0.4, 0.5) is 4.39 Å². The Hall–Kier alpha value is -1.51. The molecule has 0 fully saturated rings. The largest absolute Gasteiger partial charge is 0.291 e. The summed E-state index contributed by atoms with van der Waals surface area (Å²) >= 11 is 4.52. The second-order valence-corrected chi connectivity index (χ2v) is 5.35. The van der Waals surface area contributed by atoms with Gasteiger partial charge in [-0.05, 0) is 45.1 Å². The lowest BCUT2D eigenvalue weighted by molar-refractivity contribution is 0.0982. The van der Waals surface area contributed by atoms with Crippen LogP contribution >= 0.6 is 27.3 Å². The van der Waals surface area contributed by atoms with Gasteiger partial charge in [0, 0.05) is 4.47 Å². The van der Waals surface area contributed by atoms with E-state index in [0.29, 0.717) is 14.9 Å². The molecular weight excluding hydrogens is 317 g/mol.